The van der Waals surface area contributed by atoms with Gasteiger partial charge in [-0.25, -0.2) is 4.79 Å². The lowest BCUT2D eigenvalue weighted by Crippen LogP contribution is -2.41. The number of aromatic nitrogens is 4. The van der Waals surface area contributed by atoms with Crippen molar-refractivity contribution in [3.63, 3.8) is 0 Å². The summed E-state index contributed by atoms with van der Waals surface area (Å²) in [6.45, 7) is 4.48. The normalized spacial score (nSPS) is 10.4. The van der Waals surface area contributed by atoms with E-state index in [9.17, 15) is 9.59 Å². The number of unbranched alkanes of at least 4 members (excludes halogenated alkanes) is 1. The van der Waals surface area contributed by atoms with E-state index in [4.69, 9.17) is 0 Å². The molecule has 0 aliphatic rings. The fourth-order valence-corrected chi connectivity index (χ4v) is 2.03. The monoisotopic (exact) mass is 330 g/mol. The van der Waals surface area contributed by atoms with Crippen LogP contribution in [0.2, 0.25) is 0 Å². The molecule has 0 unspecified atom stereocenters. The van der Waals surface area contributed by atoms with Crippen molar-refractivity contribution < 1.29 is 9.59 Å². The van der Waals surface area contributed by atoms with Crippen LogP contribution in [0.25, 0.3) is 11.4 Å². The summed E-state index contributed by atoms with van der Waals surface area (Å²) in [5.74, 6) is -0.0490. The van der Waals surface area contributed by atoms with Crippen LogP contribution in [0.5, 0.6) is 0 Å². The second-order valence-corrected chi connectivity index (χ2v) is 5.35. The molecule has 0 bridgehead atoms. The van der Waals surface area contributed by atoms with Crippen LogP contribution < -0.4 is 10.6 Å². The molecule has 8 heteroatoms. The summed E-state index contributed by atoms with van der Waals surface area (Å²) in [6.07, 6.45) is 2.80. The van der Waals surface area contributed by atoms with Gasteiger partial charge in [0, 0.05) is 12.1 Å². The molecule has 3 amide bonds. The van der Waals surface area contributed by atoms with Gasteiger partial charge < -0.3 is 5.32 Å². The van der Waals surface area contributed by atoms with Crippen molar-refractivity contribution in [2.45, 2.75) is 39.7 Å². The van der Waals surface area contributed by atoms with Crippen molar-refractivity contribution in [2.24, 2.45) is 0 Å². The highest BCUT2D eigenvalue weighted by Crippen LogP contribution is 2.14. The van der Waals surface area contributed by atoms with E-state index in [-0.39, 0.29) is 6.54 Å². The van der Waals surface area contributed by atoms with Crippen LogP contribution in [0.1, 0.15) is 32.3 Å². The average molecular weight is 330 g/mol. The maximum absolute atomic E-state index is 11.8. The van der Waals surface area contributed by atoms with E-state index >= 15 is 0 Å². The fraction of sp³-hybridized carbons (Fsp3) is 0.438. The molecule has 1 heterocycles. The van der Waals surface area contributed by atoms with Crippen molar-refractivity contribution in [2.75, 3.05) is 6.54 Å². The Hall–Kier alpha value is -2.77. The lowest BCUT2D eigenvalue weighted by atomic mass is 10.1. The van der Waals surface area contributed by atoms with Gasteiger partial charge in [0.05, 0.1) is 0 Å². The average Bonchev–Trinajstić information content (AvgIpc) is 3.03. The third kappa shape index (κ3) is 5.15. The van der Waals surface area contributed by atoms with E-state index in [1.165, 1.54) is 5.56 Å². The minimum atomic E-state index is -0.510. The van der Waals surface area contributed by atoms with E-state index < -0.39 is 11.9 Å². The van der Waals surface area contributed by atoms with Crippen molar-refractivity contribution in [1.29, 1.82) is 0 Å². The van der Waals surface area contributed by atoms with Crippen molar-refractivity contribution in [3.8, 4) is 11.4 Å². The molecule has 1 aromatic carbocycles. The van der Waals surface area contributed by atoms with Crippen molar-refractivity contribution >= 4 is 11.9 Å². The highest BCUT2D eigenvalue weighted by molar-refractivity contribution is 5.94. The van der Waals surface area contributed by atoms with Crippen LogP contribution in [0.4, 0.5) is 4.79 Å². The number of amides is 3. The molecule has 1 aromatic heterocycles. The smallest absolute Gasteiger partial charge is 0.321 e. The van der Waals surface area contributed by atoms with Gasteiger partial charge in [0.25, 0.3) is 5.91 Å². The van der Waals surface area contributed by atoms with Gasteiger partial charge in [0.1, 0.15) is 6.54 Å². The predicted octanol–water partition coefficient (Wildman–Crippen LogP) is 1.53. The first-order chi connectivity index (χ1) is 11.6. The number of aryl methyl sites for hydroxylation is 1. The summed E-state index contributed by atoms with van der Waals surface area (Å²) in [6, 6.07) is 7.33. The summed E-state index contributed by atoms with van der Waals surface area (Å²) in [7, 11) is 0. The minimum Gasteiger partial charge on any atom is -0.338 e. The van der Waals surface area contributed by atoms with E-state index in [1.807, 2.05) is 31.2 Å². The van der Waals surface area contributed by atoms with Gasteiger partial charge in [-0.3, -0.25) is 10.1 Å². The largest absolute Gasteiger partial charge is 0.338 e. The zero-order valence-electron chi connectivity index (χ0n) is 14.0. The molecule has 0 aliphatic carbocycles. The number of carbonyl (C=O) groups excluding carboxylic acids is 2. The lowest BCUT2D eigenvalue weighted by Gasteiger charge is -2.05. The van der Waals surface area contributed by atoms with Gasteiger partial charge in [0.2, 0.25) is 5.82 Å². The molecule has 24 heavy (non-hydrogen) atoms. The first-order valence-electron chi connectivity index (χ1n) is 8.07. The number of rotatable bonds is 7. The number of hydrogen-bond donors (Lipinski definition) is 2. The highest BCUT2D eigenvalue weighted by atomic mass is 16.2. The van der Waals surface area contributed by atoms with Gasteiger partial charge in [-0.05, 0) is 23.6 Å². The molecule has 0 saturated carbocycles. The molecular formula is C16H22N6O2. The van der Waals surface area contributed by atoms with E-state index in [1.54, 1.807) is 0 Å². The molecular weight excluding hydrogens is 308 g/mol. The molecule has 0 atom stereocenters. The van der Waals surface area contributed by atoms with Crippen LogP contribution in [0.3, 0.4) is 0 Å². The minimum absolute atomic E-state index is 0.165. The summed E-state index contributed by atoms with van der Waals surface area (Å²) in [5, 5.41) is 16.8. The molecule has 0 saturated heterocycles. The van der Waals surface area contributed by atoms with Crippen LogP contribution in [-0.4, -0.2) is 38.7 Å². The molecule has 8 nitrogen and oxygen atoms in total. The first-order valence-corrected chi connectivity index (χ1v) is 8.07. The van der Waals surface area contributed by atoms with E-state index in [0.717, 1.165) is 29.6 Å². The molecule has 128 valence electrons. The third-order valence-corrected chi connectivity index (χ3v) is 3.43. The third-order valence-electron chi connectivity index (χ3n) is 3.43. The number of tetrazole rings is 1. The van der Waals surface area contributed by atoms with Crippen LogP contribution in [-0.2, 0) is 17.8 Å². The molecule has 2 aromatic rings. The Morgan fingerprint density at radius 1 is 1.17 bits per heavy atom. The van der Waals surface area contributed by atoms with Gasteiger partial charge in [0.15, 0.2) is 0 Å². The summed E-state index contributed by atoms with van der Waals surface area (Å²) in [5.41, 5.74) is 2.05. The maximum Gasteiger partial charge on any atom is 0.321 e. The Kier molecular flexibility index (Phi) is 6.41. The molecule has 0 radical (unpaired) electrons. The summed E-state index contributed by atoms with van der Waals surface area (Å²) in [4.78, 5) is 24.4. The van der Waals surface area contributed by atoms with Gasteiger partial charge in [-0.15, -0.1) is 10.2 Å². The summed E-state index contributed by atoms with van der Waals surface area (Å²) < 4.78 is 0. The molecule has 2 N–H and O–H groups in total. The van der Waals surface area contributed by atoms with Gasteiger partial charge in [-0.1, -0.05) is 44.5 Å². The predicted molar refractivity (Wildman–Crippen MR) is 89.1 cm³/mol. The number of imide groups is 1. The molecule has 2 rings (SSSR count). The van der Waals surface area contributed by atoms with Crippen molar-refractivity contribution in [1.82, 2.24) is 30.8 Å². The molecule has 0 fully saturated rings. The number of benzene rings is 1. The van der Waals surface area contributed by atoms with Crippen LogP contribution in [0, 0.1) is 0 Å². The number of carbonyl (C=O) groups is 2. The Bertz CT molecular complexity index is 680. The number of nitrogens with zero attached hydrogens (tertiary/aromatic N) is 4. The fourth-order valence-electron chi connectivity index (χ4n) is 2.03. The van der Waals surface area contributed by atoms with Gasteiger partial charge >= 0.3 is 6.03 Å². The Labute approximate surface area is 140 Å². The zero-order valence-corrected chi connectivity index (χ0v) is 14.0. The highest BCUT2D eigenvalue weighted by Gasteiger charge is 2.11. The second-order valence-electron chi connectivity index (χ2n) is 5.35. The second kappa shape index (κ2) is 8.76. The van der Waals surface area contributed by atoms with E-state index in [0.29, 0.717) is 12.4 Å². The quantitative estimate of drug-likeness (QED) is 0.750. The topological polar surface area (TPSA) is 102 Å². The Morgan fingerprint density at radius 2 is 1.92 bits per heavy atom. The number of urea groups is 1. The molecule has 0 aliphatic heterocycles. The van der Waals surface area contributed by atoms with Crippen LogP contribution >= 0.6 is 0 Å². The van der Waals surface area contributed by atoms with Gasteiger partial charge in [-0.2, -0.15) is 4.80 Å². The number of hydrogen-bond acceptors (Lipinski definition) is 5. The Balaban J connectivity index is 1.88. The summed E-state index contributed by atoms with van der Waals surface area (Å²) >= 11 is 0. The standard InChI is InChI=1S/C16H22N6O2/c1-3-5-10-17-16(24)18-14(23)11-22-20-15(19-21-22)13-8-6-12(4-2)7-9-13/h6-9H,3-5,10-11H2,1-2H3,(H2,17,18,23,24). The van der Waals surface area contributed by atoms with E-state index in [2.05, 4.69) is 33.0 Å². The number of nitrogens with one attached hydrogen (secondary N) is 2. The molecule has 0 spiro atoms. The van der Waals surface area contributed by atoms with Crippen molar-refractivity contribution in [3.05, 3.63) is 29.8 Å². The zero-order chi connectivity index (χ0) is 17.4. The SMILES string of the molecule is CCCCNC(=O)NC(=O)Cn1nnc(-c2ccc(CC)cc2)n1. The lowest BCUT2D eigenvalue weighted by molar-refractivity contribution is -0.121. The Morgan fingerprint density at radius 3 is 2.58 bits per heavy atom. The first kappa shape index (κ1) is 17.6. The van der Waals surface area contributed by atoms with Crippen LogP contribution in [0.15, 0.2) is 24.3 Å². The maximum atomic E-state index is 11.8.